The molecule has 1 fully saturated rings. The number of carboxylic acids is 1. The van der Waals surface area contributed by atoms with Crippen LogP contribution < -0.4 is 0 Å². The fourth-order valence-electron chi connectivity index (χ4n) is 2.25. The second-order valence-electron chi connectivity index (χ2n) is 4.77. The molecular weight excluding hydrogens is 258 g/mol. The average Bonchev–Trinajstić information content (AvgIpc) is 2.98. The zero-order chi connectivity index (χ0) is 13.9. The number of rotatable bonds is 3. The smallest absolute Gasteiger partial charge is 0.337 e. The van der Waals surface area contributed by atoms with Gasteiger partial charge in [-0.15, -0.1) is 0 Å². The minimum atomic E-state index is -0.977. The number of hydrogen-bond donors (Lipinski definition) is 1. The number of aromatic carboxylic acids is 1. The molecule has 1 atom stereocenters. The lowest BCUT2D eigenvalue weighted by Crippen LogP contribution is -2.18. The van der Waals surface area contributed by atoms with Crippen LogP contribution in [-0.2, 0) is 4.74 Å². The molecule has 0 saturated carbocycles. The average molecular weight is 273 g/mol. The summed E-state index contributed by atoms with van der Waals surface area (Å²) in [5.74, 6) is -0.977. The SMILES string of the molecule is O=C(O)c1ccc(-c2cnn(C3CCCCO3)c2)nc1. The molecule has 2 aromatic heterocycles. The van der Waals surface area contributed by atoms with Crippen LogP contribution >= 0.6 is 0 Å². The zero-order valence-corrected chi connectivity index (χ0v) is 10.9. The minimum Gasteiger partial charge on any atom is -0.478 e. The van der Waals surface area contributed by atoms with E-state index in [4.69, 9.17) is 9.84 Å². The molecule has 0 spiro atoms. The number of carbonyl (C=O) groups is 1. The molecule has 0 amide bonds. The Morgan fingerprint density at radius 1 is 1.35 bits per heavy atom. The van der Waals surface area contributed by atoms with Crippen molar-refractivity contribution in [2.24, 2.45) is 0 Å². The van der Waals surface area contributed by atoms with E-state index in [1.807, 2.05) is 6.20 Å². The normalized spacial score (nSPS) is 18.9. The largest absolute Gasteiger partial charge is 0.478 e. The molecule has 3 heterocycles. The van der Waals surface area contributed by atoms with Crippen molar-refractivity contribution in [2.75, 3.05) is 6.61 Å². The van der Waals surface area contributed by atoms with Gasteiger partial charge >= 0.3 is 5.97 Å². The summed E-state index contributed by atoms with van der Waals surface area (Å²) in [4.78, 5) is 14.9. The highest BCUT2D eigenvalue weighted by Gasteiger charge is 2.17. The molecule has 0 bridgehead atoms. The van der Waals surface area contributed by atoms with Gasteiger partial charge in [0.2, 0.25) is 0 Å². The molecule has 3 rings (SSSR count). The molecule has 0 radical (unpaired) electrons. The first kappa shape index (κ1) is 12.8. The van der Waals surface area contributed by atoms with Crippen LogP contribution in [0.2, 0.25) is 0 Å². The van der Waals surface area contributed by atoms with Gasteiger partial charge in [-0.3, -0.25) is 4.98 Å². The van der Waals surface area contributed by atoms with Crippen LogP contribution in [0.5, 0.6) is 0 Å². The van der Waals surface area contributed by atoms with Crippen LogP contribution in [-0.4, -0.2) is 32.4 Å². The molecule has 1 unspecified atom stereocenters. The lowest BCUT2D eigenvalue weighted by molar-refractivity contribution is -0.0394. The van der Waals surface area contributed by atoms with Gasteiger partial charge < -0.3 is 9.84 Å². The van der Waals surface area contributed by atoms with Crippen molar-refractivity contribution in [3.63, 3.8) is 0 Å². The van der Waals surface area contributed by atoms with Crippen molar-refractivity contribution >= 4 is 5.97 Å². The van der Waals surface area contributed by atoms with Crippen LogP contribution in [0.15, 0.2) is 30.7 Å². The van der Waals surface area contributed by atoms with Gasteiger partial charge in [0, 0.05) is 24.6 Å². The monoisotopic (exact) mass is 273 g/mol. The Morgan fingerprint density at radius 3 is 2.90 bits per heavy atom. The van der Waals surface area contributed by atoms with Crippen molar-refractivity contribution in [1.82, 2.24) is 14.8 Å². The summed E-state index contributed by atoms with van der Waals surface area (Å²) in [7, 11) is 0. The van der Waals surface area contributed by atoms with Crippen molar-refractivity contribution in [3.8, 4) is 11.3 Å². The Bertz CT molecular complexity index is 600. The first-order chi connectivity index (χ1) is 9.74. The summed E-state index contributed by atoms with van der Waals surface area (Å²) in [6.07, 6.45) is 8.17. The van der Waals surface area contributed by atoms with E-state index in [0.29, 0.717) is 5.69 Å². The highest BCUT2D eigenvalue weighted by Crippen LogP contribution is 2.24. The molecule has 2 aromatic rings. The third-order valence-electron chi connectivity index (χ3n) is 3.36. The molecule has 6 heteroatoms. The van der Waals surface area contributed by atoms with E-state index >= 15 is 0 Å². The number of nitrogens with zero attached hydrogens (tertiary/aromatic N) is 3. The van der Waals surface area contributed by atoms with Crippen LogP contribution in [0.25, 0.3) is 11.3 Å². The first-order valence-electron chi connectivity index (χ1n) is 6.59. The van der Waals surface area contributed by atoms with E-state index < -0.39 is 5.97 Å². The predicted octanol–water partition coefficient (Wildman–Crippen LogP) is 2.34. The van der Waals surface area contributed by atoms with Crippen LogP contribution in [0.4, 0.5) is 0 Å². The molecule has 104 valence electrons. The van der Waals surface area contributed by atoms with Gasteiger partial charge in [0.15, 0.2) is 0 Å². The third-order valence-corrected chi connectivity index (χ3v) is 3.36. The lowest BCUT2D eigenvalue weighted by Gasteiger charge is -2.22. The second-order valence-corrected chi connectivity index (χ2v) is 4.77. The summed E-state index contributed by atoms with van der Waals surface area (Å²) in [6.45, 7) is 0.769. The van der Waals surface area contributed by atoms with Crippen molar-refractivity contribution in [2.45, 2.75) is 25.5 Å². The van der Waals surface area contributed by atoms with Gasteiger partial charge in [-0.2, -0.15) is 5.10 Å². The Balaban J connectivity index is 1.80. The van der Waals surface area contributed by atoms with E-state index in [0.717, 1.165) is 31.4 Å². The molecule has 0 aromatic carbocycles. The van der Waals surface area contributed by atoms with Crippen molar-refractivity contribution in [1.29, 1.82) is 0 Å². The molecular formula is C14H15N3O3. The number of ether oxygens (including phenoxy) is 1. The Morgan fingerprint density at radius 2 is 2.25 bits per heavy atom. The van der Waals surface area contributed by atoms with E-state index in [2.05, 4.69) is 10.1 Å². The Hall–Kier alpha value is -2.21. The molecule has 1 aliphatic heterocycles. The van der Waals surface area contributed by atoms with Gasteiger partial charge in [-0.1, -0.05) is 0 Å². The van der Waals surface area contributed by atoms with Crippen molar-refractivity contribution < 1.29 is 14.6 Å². The maximum absolute atomic E-state index is 10.8. The van der Waals surface area contributed by atoms with E-state index in [-0.39, 0.29) is 11.8 Å². The fraction of sp³-hybridized carbons (Fsp3) is 0.357. The Labute approximate surface area is 116 Å². The minimum absolute atomic E-state index is 0.00390. The van der Waals surface area contributed by atoms with Crippen LogP contribution in [0.3, 0.4) is 0 Å². The number of hydrogen-bond acceptors (Lipinski definition) is 4. The second kappa shape index (κ2) is 5.42. The fourth-order valence-corrected chi connectivity index (χ4v) is 2.25. The maximum Gasteiger partial charge on any atom is 0.337 e. The van der Waals surface area contributed by atoms with E-state index in [9.17, 15) is 4.79 Å². The van der Waals surface area contributed by atoms with Gasteiger partial charge in [-0.05, 0) is 31.4 Å². The van der Waals surface area contributed by atoms with Crippen LogP contribution in [0, 0.1) is 0 Å². The molecule has 20 heavy (non-hydrogen) atoms. The standard InChI is InChI=1S/C14H15N3O3/c18-14(19)10-4-5-12(15-7-10)11-8-16-17(9-11)13-3-1-2-6-20-13/h4-5,7-9,13H,1-3,6H2,(H,18,19). The van der Waals surface area contributed by atoms with Crippen molar-refractivity contribution in [3.05, 3.63) is 36.3 Å². The van der Waals surface area contributed by atoms with Gasteiger partial charge in [0.1, 0.15) is 6.23 Å². The third kappa shape index (κ3) is 2.55. The first-order valence-corrected chi connectivity index (χ1v) is 6.59. The summed E-state index contributed by atoms with van der Waals surface area (Å²) >= 11 is 0. The van der Waals surface area contributed by atoms with Gasteiger partial charge in [0.25, 0.3) is 0 Å². The number of aromatic nitrogens is 3. The molecule has 1 N–H and O–H groups in total. The molecule has 1 saturated heterocycles. The molecule has 0 aliphatic carbocycles. The number of carboxylic acid groups (broad SMARTS) is 1. The van der Waals surface area contributed by atoms with Gasteiger partial charge in [0.05, 0.1) is 17.5 Å². The summed E-state index contributed by atoms with van der Waals surface area (Å²) in [6, 6.07) is 3.23. The molecule has 6 nitrogen and oxygen atoms in total. The summed E-state index contributed by atoms with van der Waals surface area (Å²) in [5, 5.41) is 13.2. The highest BCUT2D eigenvalue weighted by atomic mass is 16.5. The quantitative estimate of drug-likeness (QED) is 0.928. The molecule has 1 aliphatic rings. The van der Waals surface area contributed by atoms with Gasteiger partial charge in [-0.25, -0.2) is 9.48 Å². The highest BCUT2D eigenvalue weighted by molar-refractivity contribution is 5.87. The predicted molar refractivity (Wildman–Crippen MR) is 71.3 cm³/mol. The zero-order valence-electron chi connectivity index (χ0n) is 10.9. The van der Waals surface area contributed by atoms with E-state index in [1.165, 1.54) is 6.20 Å². The summed E-state index contributed by atoms with van der Waals surface area (Å²) in [5.41, 5.74) is 1.74. The summed E-state index contributed by atoms with van der Waals surface area (Å²) < 4.78 is 7.47. The lowest BCUT2D eigenvalue weighted by atomic mass is 10.2. The van der Waals surface area contributed by atoms with Crippen LogP contribution in [0.1, 0.15) is 35.8 Å². The number of pyridine rings is 1. The topological polar surface area (TPSA) is 77.2 Å². The Kier molecular flexibility index (Phi) is 3.47. The maximum atomic E-state index is 10.8. The van der Waals surface area contributed by atoms with E-state index in [1.54, 1.807) is 23.0 Å².